The topological polar surface area (TPSA) is 87.5 Å². The fourth-order valence-electron chi connectivity index (χ4n) is 2.57. The van der Waals surface area contributed by atoms with Crippen LogP contribution >= 0.6 is 11.6 Å². The maximum atomic E-state index is 11.9. The van der Waals surface area contributed by atoms with Crippen LogP contribution < -0.4 is 5.32 Å². The molecule has 27 heavy (non-hydrogen) atoms. The monoisotopic (exact) mass is 398 g/mol. The molecule has 0 spiro atoms. The van der Waals surface area contributed by atoms with Gasteiger partial charge >= 0.3 is 6.09 Å². The average Bonchev–Trinajstić information content (AvgIpc) is 2.91. The molecule has 150 valence electrons. The summed E-state index contributed by atoms with van der Waals surface area (Å²) in [6, 6.07) is 1.91. The lowest BCUT2D eigenvalue weighted by Crippen LogP contribution is -2.34. The highest BCUT2D eigenvalue weighted by Gasteiger charge is 2.21. The molecule has 1 N–H and O–H groups in total. The first-order valence-electron chi connectivity index (χ1n) is 8.97. The predicted molar refractivity (Wildman–Crippen MR) is 103 cm³/mol. The van der Waals surface area contributed by atoms with E-state index >= 15 is 0 Å². The van der Waals surface area contributed by atoms with Crippen LogP contribution in [0, 0.1) is 0 Å². The second-order valence-corrected chi connectivity index (χ2v) is 7.15. The number of rotatable bonds is 8. The van der Waals surface area contributed by atoms with Gasteiger partial charge in [-0.3, -0.25) is 0 Å². The quantitative estimate of drug-likeness (QED) is 0.539. The van der Waals surface area contributed by atoms with Gasteiger partial charge in [-0.05, 0) is 52.3 Å². The Bertz CT molecular complexity index is 767. The van der Waals surface area contributed by atoms with Gasteiger partial charge in [0.2, 0.25) is 5.28 Å². The lowest BCUT2D eigenvalue weighted by molar-refractivity contribution is -0.144. The van der Waals surface area contributed by atoms with Crippen LogP contribution in [0.4, 0.5) is 4.79 Å². The maximum absolute atomic E-state index is 11.9. The molecule has 2 heterocycles. The molecule has 0 saturated carbocycles. The van der Waals surface area contributed by atoms with Gasteiger partial charge in [0.25, 0.3) is 0 Å². The van der Waals surface area contributed by atoms with E-state index in [-0.39, 0.29) is 5.28 Å². The highest BCUT2D eigenvalue weighted by molar-refractivity contribution is 6.28. The maximum Gasteiger partial charge on any atom is 0.407 e. The average molecular weight is 399 g/mol. The third-order valence-electron chi connectivity index (χ3n) is 3.52. The van der Waals surface area contributed by atoms with Gasteiger partial charge in [0, 0.05) is 37.9 Å². The highest BCUT2D eigenvalue weighted by atomic mass is 35.5. The minimum Gasteiger partial charge on any atom is -0.444 e. The van der Waals surface area contributed by atoms with E-state index in [1.807, 2.05) is 45.3 Å². The van der Waals surface area contributed by atoms with Crippen molar-refractivity contribution in [3.05, 3.63) is 23.2 Å². The third-order valence-corrected chi connectivity index (χ3v) is 3.70. The molecule has 0 unspecified atom stereocenters. The minimum atomic E-state index is -0.550. The molecular weight excluding hydrogens is 372 g/mol. The van der Waals surface area contributed by atoms with E-state index in [0.29, 0.717) is 32.0 Å². The molecule has 1 amide bonds. The van der Waals surface area contributed by atoms with Crippen LogP contribution in [0.1, 0.15) is 46.6 Å². The van der Waals surface area contributed by atoms with Crippen LogP contribution in [0.5, 0.6) is 0 Å². The van der Waals surface area contributed by atoms with Crippen molar-refractivity contribution in [1.29, 1.82) is 0 Å². The summed E-state index contributed by atoms with van der Waals surface area (Å²) in [6.07, 6.45) is 0.634. The van der Waals surface area contributed by atoms with Crippen molar-refractivity contribution >= 4 is 28.7 Å². The number of amides is 1. The van der Waals surface area contributed by atoms with E-state index in [0.717, 1.165) is 11.1 Å². The SMILES string of the molecule is CCOC(OCC)c1cc2cnc(Cl)nc2n1CCNC(=O)OC(C)(C)C. The van der Waals surface area contributed by atoms with E-state index in [4.69, 9.17) is 25.8 Å². The fourth-order valence-corrected chi connectivity index (χ4v) is 2.70. The molecule has 0 bridgehead atoms. The fraction of sp³-hybridized carbons (Fsp3) is 0.611. The summed E-state index contributed by atoms with van der Waals surface area (Å²) >= 11 is 5.97. The summed E-state index contributed by atoms with van der Waals surface area (Å²) in [5.74, 6) is 0. The lowest BCUT2D eigenvalue weighted by atomic mass is 10.2. The smallest absolute Gasteiger partial charge is 0.407 e. The number of nitrogens with zero attached hydrogens (tertiary/aromatic N) is 3. The van der Waals surface area contributed by atoms with Gasteiger partial charge in [-0.15, -0.1) is 0 Å². The Morgan fingerprint density at radius 1 is 1.30 bits per heavy atom. The van der Waals surface area contributed by atoms with Crippen molar-refractivity contribution < 1.29 is 19.0 Å². The van der Waals surface area contributed by atoms with Crippen LogP contribution in [-0.2, 0) is 20.8 Å². The number of hydrogen-bond donors (Lipinski definition) is 1. The zero-order valence-electron chi connectivity index (χ0n) is 16.4. The number of carbonyl (C=O) groups excluding carboxylic acids is 1. The van der Waals surface area contributed by atoms with Crippen LogP contribution in [0.3, 0.4) is 0 Å². The molecule has 2 aromatic heterocycles. The second-order valence-electron chi connectivity index (χ2n) is 6.81. The van der Waals surface area contributed by atoms with Crippen molar-refractivity contribution in [2.45, 2.75) is 53.1 Å². The van der Waals surface area contributed by atoms with Gasteiger partial charge in [-0.1, -0.05) is 0 Å². The molecular formula is C18H27ClN4O4. The Hall–Kier alpha value is -1.90. The molecule has 0 fully saturated rings. The highest BCUT2D eigenvalue weighted by Crippen LogP contribution is 2.26. The number of halogens is 1. The van der Waals surface area contributed by atoms with Crippen molar-refractivity contribution in [1.82, 2.24) is 19.9 Å². The summed E-state index contributed by atoms with van der Waals surface area (Å²) in [5.41, 5.74) is 0.891. The molecule has 0 aliphatic rings. The Labute approximate surface area is 164 Å². The zero-order valence-corrected chi connectivity index (χ0v) is 17.2. The van der Waals surface area contributed by atoms with Gasteiger partial charge < -0.3 is 24.1 Å². The first kappa shape index (κ1) is 21.4. The molecule has 0 radical (unpaired) electrons. The lowest BCUT2D eigenvalue weighted by Gasteiger charge is -2.21. The van der Waals surface area contributed by atoms with Crippen molar-refractivity contribution in [3.63, 3.8) is 0 Å². The first-order valence-corrected chi connectivity index (χ1v) is 9.34. The van der Waals surface area contributed by atoms with E-state index in [2.05, 4.69) is 15.3 Å². The molecule has 0 atom stereocenters. The molecule has 2 rings (SSSR count). The predicted octanol–water partition coefficient (Wildman–Crippen LogP) is 3.68. The Balaban J connectivity index is 2.25. The van der Waals surface area contributed by atoms with Crippen LogP contribution in [0.25, 0.3) is 11.0 Å². The van der Waals surface area contributed by atoms with Gasteiger partial charge in [0.1, 0.15) is 11.2 Å². The van der Waals surface area contributed by atoms with Crippen molar-refractivity contribution in [3.8, 4) is 0 Å². The largest absolute Gasteiger partial charge is 0.444 e. The Morgan fingerprint density at radius 3 is 2.56 bits per heavy atom. The van der Waals surface area contributed by atoms with E-state index < -0.39 is 18.0 Å². The van der Waals surface area contributed by atoms with Gasteiger partial charge in [0.15, 0.2) is 6.29 Å². The molecule has 2 aromatic rings. The Morgan fingerprint density at radius 2 is 1.96 bits per heavy atom. The van der Waals surface area contributed by atoms with Crippen molar-refractivity contribution in [2.75, 3.05) is 19.8 Å². The van der Waals surface area contributed by atoms with E-state index in [9.17, 15) is 4.79 Å². The number of hydrogen-bond acceptors (Lipinski definition) is 6. The van der Waals surface area contributed by atoms with E-state index in [1.54, 1.807) is 6.20 Å². The minimum absolute atomic E-state index is 0.151. The number of aromatic nitrogens is 3. The summed E-state index contributed by atoms with van der Waals surface area (Å²) in [4.78, 5) is 20.2. The number of nitrogens with one attached hydrogen (secondary N) is 1. The standard InChI is InChI=1S/C18H27ClN4O4/c1-6-25-15(26-7-2)13-10-12-11-21-16(19)22-14(12)23(13)9-8-20-17(24)27-18(3,4)5/h10-11,15H,6-9H2,1-5H3,(H,20,24). The van der Waals surface area contributed by atoms with Gasteiger partial charge in [0.05, 0.1) is 5.69 Å². The normalized spacial score (nSPS) is 12.0. The van der Waals surface area contributed by atoms with Crippen LogP contribution in [0.15, 0.2) is 12.3 Å². The molecule has 8 nitrogen and oxygen atoms in total. The molecule has 9 heteroatoms. The summed E-state index contributed by atoms with van der Waals surface area (Å²) in [6.45, 7) is 11.0. The van der Waals surface area contributed by atoms with Gasteiger partial charge in [-0.25, -0.2) is 9.78 Å². The number of carbonyl (C=O) groups is 1. The number of fused-ring (bicyclic) bond motifs is 1. The van der Waals surface area contributed by atoms with Gasteiger partial charge in [-0.2, -0.15) is 4.98 Å². The molecule has 0 saturated heterocycles. The van der Waals surface area contributed by atoms with Crippen LogP contribution in [-0.4, -0.2) is 46.0 Å². The molecule has 0 aromatic carbocycles. The molecule has 0 aliphatic carbocycles. The number of alkyl carbamates (subject to hydrolysis) is 1. The number of ether oxygens (including phenoxy) is 3. The summed E-state index contributed by atoms with van der Waals surface area (Å²) in [5, 5.41) is 3.71. The van der Waals surface area contributed by atoms with Crippen LogP contribution in [0.2, 0.25) is 5.28 Å². The Kier molecular flexibility index (Phi) is 7.41. The third kappa shape index (κ3) is 6.05. The summed E-state index contributed by atoms with van der Waals surface area (Å²) in [7, 11) is 0. The first-order chi connectivity index (χ1) is 12.7. The molecule has 0 aliphatic heterocycles. The zero-order chi connectivity index (χ0) is 20.0. The van der Waals surface area contributed by atoms with E-state index in [1.165, 1.54) is 0 Å². The summed E-state index contributed by atoms with van der Waals surface area (Å²) < 4.78 is 18.6. The second kappa shape index (κ2) is 9.34. The van der Waals surface area contributed by atoms with Crippen molar-refractivity contribution in [2.24, 2.45) is 0 Å².